The first kappa shape index (κ1) is 12.4. The highest BCUT2D eigenvalue weighted by molar-refractivity contribution is 7.13. The minimum Gasteiger partial charge on any atom is -0.377 e. The molecular weight excluding hydrogens is 246 g/mol. The Morgan fingerprint density at radius 1 is 1.28 bits per heavy atom. The lowest BCUT2D eigenvalue weighted by atomic mass is 10.1. The fourth-order valence-electron chi connectivity index (χ4n) is 2.73. The molecule has 1 atom stereocenters. The summed E-state index contributed by atoms with van der Waals surface area (Å²) in [5.74, 6) is 0. The largest absolute Gasteiger partial charge is 0.377 e. The van der Waals surface area contributed by atoms with Gasteiger partial charge in [0.05, 0.1) is 6.10 Å². The molecule has 1 aromatic rings. The maximum atomic E-state index is 5.81. The highest BCUT2D eigenvalue weighted by Crippen LogP contribution is 2.20. The van der Waals surface area contributed by atoms with Gasteiger partial charge in [-0.05, 0) is 19.3 Å². The van der Waals surface area contributed by atoms with Crippen molar-refractivity contribution >= 4 is 16.5 Å². The van der Waals surface area contributed by atoms with Gasteiger partial charge in [-0.3, -0.25) is 4.90 Å². The molecule has 0 saturated carbocycles. The van der Waals surface area contributed by atoms with E-state index in [1.54, 1.807) is 11.3 Å². The van der Waals surface area contributed by atoms with Gasteiger partial charge in [0, 0.05) is 50.9 Å². The fourth-order valence-corrected chi connectivity index (χ4v) is 3.43. The molecule has 2 saturated heterocycles. The van der Waals surface area contributed by atoms with Crippen molar-refractivity contribution in [3.8, 4) is 0 Å². The fraction of sp³-hybridized carbons (Fsp3) is 0.769. The summed E-state index contributed by atoms with van der Waals surface area (Å²) in [6, 6.07) is 0. The average Bonchev–Trinajstić information content (AvgIpc) is 2.95. The molecule has 0 aromatic carbocycles. The number of piperazine rings is 1. The predicted molar refractivity (Wildman–Crippen MR) is 74.4 cm³/mol. The lowest BCUT2D eigenvalue weighted by Gasteiger charge is -2.37. The Morgan fingerprint density at radius 2 is 2.17 bits per heavy atom. The van der Waals surface area contributed by atoms with Crippen molar-refractivity contribution in [3.63, 3.8) is 0 Å². The second-order valence-electron chi connectivity index (χ2n) is 5.09. The van der Waals surface area contributed by atoms with Crippen LogP contribution in [0.4, 0.5) is 5.13 Å². The summed E-state index contributed by atoms with van der Waals surface area (Å²) >= 11 is 1.74. The van der Waals surface area contributed by atoms with Crippen LogP contribution in [-0.2, 0) is 4.74 Å². The van der Waals surface area contributed by atoms with Crippen molar-refractivity contribution in [1.82, 2.24) is 9.88 Å². The van der Waals surface area contributed by atoms with Gasteiger partial charge >= 0.3 is 0 Å². The van der Waals surface area contributed by atoms with Crippen LogP contribution in [0.25, 0.3) is 0 Å². The molecule has 2 aliphatic heterocycles. The van der Waals surface area contributed by atoms with Crippen molar-refractivity contribution in [2.75, 3.05) is 44.2 Å². The van der Waals surface area contributed by atoms with Gasteiger partial charge in [0.15, 0.2) is 5.13 Å². The summed E-state index contributed by atoms with van der Waals surface area (Å²) in [5.41, 5.74) is 0. The summed E-state index contributed by atoms with van der Waals surface area (Å²) in [6.45, 7) is 6.55. The Hall–Kier alpha value is -0.650. The topological polar surface area (TPSA) is 28.6 Å². The molecule has 4 nitrogen and oxygen atoms in total. The number of hydrogen-bond acceptors (Lipinski definition) is 5. The Kier molecular flexibility index (Phi) is 4.13. The van der Waals surface area contributed by atoms with E-state index in [2.05, 4.69) is 20.2 Å². The second kappa shape index (κ2) is 5.99. The third kappa shape index (κ3) is 3.02. The third-order valence-electron chi connectivity index (χ3n) is 3.80. The summed E-state index contributed by atoms with van der Waals surface area (Å²) in [4.78, 5) is 9.32. The summed E-state index contributed by atoms with van der Waals surface area (Å²) in [6.07, 6.45) is 6.19. The van der Waals surface area contributed by atoms with Gasteiger partial charge in [0.2, 0.25) is 0 Å². The Morgan fingerprint density at radius 3 is 2.83 bits per heavy atom. The first-order chi connectivity index (χ1) is 8.92. The van der Waals surface area contributed by atoms with E-state index in [4.69, 9.17) is 4.74 Å². The number of rotatable bonds is 3. The summed E-state index contributed by atoms with van der Waals surface area (Å²) < 4.78 is 5.81. The van der Waals surface area contributed by atoms with Gasteiger partial charge in [-0.2, -0.15) is 0 Å². The normalized spacial score (nSPS) is 26.4. The van der Waals surface area contributed by atoms with Crippen LogP contribution in [-0.4, -0.2) is 55.3 Å². The maximum Gasteiger partial charge on any atom is 0.185 e. The minimum atomic E-state index is 0.477. The van der Waals surface area contributed by atoms with E-state index >= 15 is 0 Å². The van der Waals surface area contributed by atoms with Gasteiger partial charge in [-0.1, -0.05) is 0 Å². The molecule has 100 valence electrons. The number of ether oxygens (including phenoxy) is 1. The molecule has 5 heteroatoms. The van der Waals surface area contributed by atoms with E-state index in [0.29, 0.717) is 6.10 Å². The number of aromatic nitrogens is 1. The number of hydrogen-bond donors (Lipinski definition) is 0. The third-order valence-corrected chi connectivity index (χ3v) is 4.63. The van der Waals surface area contributed by atoms with Crippen molar-refractivity contribution in [2.45, 2.75) is 25.4 Å². The van der Waals surface area contributed by atoms with E-state index in [0.717, 1.165) is 39.3 Å². The lowest BCUT2D eigenvalue weighted by molar-refractivity contribution is -0.00645. The molecule has 0 bridgehead atoms. The van der Waals surface area contributed by atoms with Crippen molar-refractivity contribution in [3.05, 3.63) is 11.6 Å². The van der Waals surface area contributed by atoms with E-state index in [-0.39, 0.29) is 0 Å². The quantitative estimate of drug-likeness (QED) is 0.835. The molecule has 0 spiro atoms. The highest BCUT2D eigenvalue weighted by Gasteiger charge is 2.22. The molecule has 0 aliphatic carbocycles. The van der Waals surface area contributed by atoms with Crippen molar-refractivity contribution in [2.24, 2.45) is 0 Å². The highest BCUT2D eigenvalue weighted by atomic mass is 32.1. The average molecular weight is 267 g/mol. The molecule has 2 fully saturated rings. The van der Waals surface area contributed by atoms with Crippen LogP contribution in [0.15, 0.2) is 11.6 Å². The van der Waals surface area contributed by atoms with Crippen LogP contribution < -0.4 is 4.90 Å². The number of anilines is 1. The first-order valence-electron chi connectivity index (χ1n) is 6.90. The SMILES string of the molecule is c1csc(N2CCN(C[C@H]3CCCCO3)CC2)n1. The van der Waals surface area contributed by atoms with E-state index in [1.165, 1.54) is 24.4 Å². The van der Waals surface area contributed by atoms with Crippen LogP contribution in [0, 0.1) is 0 Å². The Labute approximate surface area is 113 Å². The van der Waals surface area contributed by atoms with E-state index < -0.39 is 0 Å². The predicted octanol–water partition coefficient (Wildman–Crippen LogP) is 1.83. The second-order valence-corrected chi connectivity index (χ2v) is 5.96. The molecule has 2 aliphatic rings. The molecule has 3 rings (SSSR count). The zero-order chi connectivity index (χ0) is 12.2. The monoisotopic (exact) mass is 267 g/mol. The van der Waals surface area contributed by atoms with Crippen LogP contribution in [0.5, 0.6) is 0 Å². The zero-order valence-electron chi connectivity index (χ0n) is 10.8. The van der Waals surface area contributed by atoms with Gasteiger partial charge in [-0.15, -0.1) is 11.3 Å². The lowest BCUT2D eigenvalue weighted by Crippen LogP contribution is -2.49. The van der Waals surface area contributed by atoms with Crippen LogP contribution in [0.2, 0.25) is 0 Å². The van der Waals surface area contributed by atoms with E-state index in [1.807, 2.05) is 6.20 Å². The van der Waals surface area contributed by atoms with Crippen LogP contribution in [0.1, 0.15) is 19.3 Å². The van der Waals surface area contributed by atoms with Gasteiger partial charge in [0.1, 0.15) is 0 Å². The molecule has 0 amide bonds. The smallest absolute Gasteiger partial charge is 0.185 e. The molecule has 0 radical (unpaired) electrons. The van der Waals surface area contributed by atoms with Crippen LogP contribution in [0.3, 0.4) is 0 Å². The molecule has 0 unspecified atom stereocenters. The molecule has 18 heavy (non-hydrogen) atoms. The first-order valence-corrected chi connectivity index (χ1v) is 7.78. The standard InChI is InChI=1S/C13H21N3OS/c1-2-9-17-12(3-1)11-15-5-7-16(8-6-15)13-14-4-10-18-13/h4,10,12H,1-3,5-9,11H2/t12-/m1/s1. The summed E-state index contributed by atoms with van der Waals surface area (Å²) in [5, 5.41) is 3.22. The van der Waals surface area contributed by atoms with Gasteiger partial charge in [0.25, 0.3) is 0 Å². The Balaban J connectivity index is 1.45. The van der Waals surface area contributed by atoms with Gasteiger partial charge < -0.3 is 9.64 Å². The molecular formula is C13H21N3OS. The zero-order valence-corrected chi connectivity index (χ0v) is 11.6. The minimum absolute atomic E-state index is 0.477. The molecule has 3 heterocycles. The van der Waals surface area contributed by atoms with Crippen LogP contribution >= 0.6 is 11.3 Å². The number of nitrogens with zero attached hydrogens (tertiary/aromatic N) is 3. The molecule has 0 N–H and O–H groups in total. The van der Waals surface area contributed by atoms with Crippen molar-refractivity contribution in [1.29, 1.82) is 0 Å². The number of thiazole rings is 1. The van der Waals surface area contributed by atoms with E-state index in [9.17, 15) is 0 Å². The maximum absolute atomic E-state index is 5.81. The Bertz CT molecular complexity index is 343. The summed E-state index contributed by atoms with van der Waals surface area (Å²) in [7, 11) is 0. The van der Waals surface area contributed by atoms with Crippen molar-refractivity contribution < 1.29 is 4.74 Å². The van der Waals surface area contributed by atoms with Gasteiger partial charge in [-0.25, -0.2) is 4.98 Å². The molecule has 1 aromatic heterocycles.